The summed E-state index contributed by atoms with van der Waals surface area (Å²) in [5, 5.41) is 10.9. The summed E-state index contributed by atoms with van der Waals surface area (Å²) in [5.74, 6) is 0.406. The van der Waals surface area contributed by atoms with E-state index in [2.05, 4.69) is 6.92 Å². The summed E-state index contributed by atoms with van der Waals surface area (Å²) in [6.07, 6.45) is 6.15. The molecule has 3 atom stereocenters. The van der Waals surface area contributed by atoms with Gasteiger partial charge in [-0.2, -0.15) is 0 Å². The van der Waals surface area contributed by atoms with Crippen molar-refractivity contribution in [3.63, 3.8) is 0 Å². The van der Waals surface area contributed by atoms with Crippen molar-refractivity contribution in [2.24, 2.45) is 11.8 Å². The van der Waals surface area contributed by atoms with Crippen LogP contribution in [0.3, 0.4) is 0 Å². The number of non-ortho nitro benzene ring substituents is 1. The van der Waals surface area contributed by atoms with Crippen molar-refractivity contribution < 1.29 is 9.31 Å². The van der Waals surface area contributed by atoms with E-state index in [4.69, 9.17) is 11.6 Å². The first-order valence-electron chi connectivity index (χ1n) is 7.57. The first-order valence-corrected chi connectivity index (χ1v) is 8.01. The van der Waals surface area contributed by atoms with Crippen molar-refractivity contribution in [1.29, 1.82) is 0 Å². The highest BCUT2D eigenvalue weighted by atomic mass is 35.5. The lowest BCUT2D eigenvalue weighted by atomic mass is 9.76. The minimum Gasteiger partial charge on any atom is -0.258 e. The van der Waals surface area contributed by atoms with Crippen molar-refractivity contribution in [2.75, 3.05) is 0 Å². The zero-order valence-electron chi connectivity index (χ0n) is 12.2. The molecule has 1 saturated carbocycles. The largest absolute Gasteiger partial charge is 0.272 e. The lowest BCUT2D eigenvalue weighted by Gasteiger charge is -2.33. The highest BCUT2D eigenvalue weighted by Gasteiger charge is 2.29. The molecule has 3 unspecified atom stereocenters. The summed E-state index contributed by atoms with van der Waals surface area (Å²) in [5.41, 5.74) is 0.492. The van der Waals surface area contributed by atoms with Crippen molar-refractivity contribution in [1.82, 2.24) is 0 Å². The topological polar surface area (TPSA) is 43.1 Å². The van der Waals surface area contributed by atoms with Crippen molar-refractivity contribution in [2.45, 2.75) is 50.8 Å². The standard InChI is InChI=1S/C16H21ClFNO2/c1-2-3-11-4-5-16(17)13(6-11)7-12-8-14(18)10-15(9-12)19(20)21/h8-11,13,16H,2-7H2,1H3. The molecule has 0 radical (unpaired) electrons. The Balaban J connectivity index is 2.10. The molecule has 1 aliphatic carbocycles. The summed E-state index contributed by atoms with van der Waals surface area (Å²) in [4.78, 5) is 10.3. The van der Waals surface area contributed by atoms with E-state index in [0.29, 0.717) is 17.9 Å². The molecule has 0 bridgehead atoms. The number of alkyl halides is 1. The highest BCUT2D eigenvalue weighted by molar-refractivity contribution is 6.20. The average Bonchev–Trinajstić information content (AvgIpc) is 2.42. The Labute approximate surface area is 129 Å². The van der Waals surface area contributed by atoms with Gasteiger partial charge in [0.1, 0.15) is 5.82 Å². The van der Waals surface area contributed by atoms with Crippen LogP contribution in [0.15, 0.2) is 18.2 Å². The molecule has 0 heterocycles. The van der Waals surface area contributed by atoms with Gasteiger partial charge in [-0.15, -0.1) is 11.6 Å². The summed E-state index contributed by atoms with van der Waals surface area (Å²) in [7, 11) is 0. The van der Waals surface area contributed by atoms with Crippen LogP contribution >= 0.6 is 11.6 Å². The molecule has 0 aliphatic heterocycles. The molecule has 5 heteroatoms. The van der Waals surface area contributed by atoms with Crippen LogP contribution in [-0.4, -0.2) is 10.3 Å². The number of halogens is 2. The van der Waals surface area contributed by atoms with Crippen LogP contribution in [0.4, 0.5) is 10.1 Å². The Morgan fingerprint density at radius 1 is 1.38 bits per heavy atom. The van der Waals surface area contributed by atoms with Gasteiger partial charge in [-0.3, -0.25) is 10.1 Å². The normalized spacial score (nSPS) is 25.8. The fourth-order valence-corrected chi connectivity index (χ4v) is 3.68. The second-order valence-electron chi connectivity index (χ2n) is 6.02. The second kappa shape index (κ2) is 7.21. The molecule has 1 aromatic rings. The van der Waals surface area contributed by atoms with Crippen LogP contribution in [-0.2, 0) is 6.42 Å². The third-order valence-electron chi connectivity index (χ3n) is 4.35. The lowest BCUT2D eigenvalue weighted by molar-refractivity contribution is -0.385. The smallest absolute Gasteiger partial charge is 0.258 e. The number of nitro benzene ring substituents is 1. The Hall–Kier alpha value is -1.16. The van der Waals surface area contributed by atoms with E-state index in [1.165, 1.54) is 18.6 Å². The Bertz CT molecular complexity index is 509. The lowest BCUT2D eigenvalue weighted by Crippen LogP contribution is -2.27. The SMILES string of the molecule is CCCC1CCC(Cl)C(Cc2cc(F)cc([N+](=O)[O-])c2)C1. The first-order chi connectivity index (χ1) is 9.99. The van der Waals surface area contributed by atoms with E-state index in [-0.39, 0.29) is 17.0 Å². The summed E-state index contributed by atoms with van der Waals surface area (Å²) in [6.45, 7) is 2.18. The maximum absolute atomic E-state index is 13.5. The number of hydrogen-bond acceptors (Lipinski definition) is 2. The van der Waals surface area contributed by atoms with Crippen LogP contribution in [0.5, 0.6) is 0 Å². The third kappa shape index (κ3) is 4.40. The van der Waals surface area contributed by atoms with Crippen LogP contribution < -0.4 is 0 Å². The molecule has 0 amide bonds. The quantitative estimate of drug-likeness (QED) is 0.431. The predicted octanol–water partition coefficient (Wildman–Crippen LogP) is 5.10. The van der Waals surface area contributed by atoms with Gasteiger partial charge in [0.25, 0.3) is 5.69 Å². The summed E-state index contributed by atoms with van der Waals surface area (Å²) >= 11 is 6.41. The number of nitro groups is 1. The molecule has 0 spiro atoms. The van der Waals surface area contributed by atoms with Gasteiger partial charge in [-0.25, -0.2) is 4.39 Å². The number of rotatable bonds is 5. The van der Waals surface area contributed by atoms with Gasteiger partial charge in [-0.1, -0.05) is 19.8 Å². The molecule has 0 N–H and O–H groups in total. The Morgan fingerprint density at radius 3 is 2.81 bits per heavy atom. The van der Waals surface area contributed by atoms with Gasteiger partial charge >= 0.3 is 0 Å². The molecule has 1 aliphatic rings. The van der Waals surface area contributed by atoms with E-state index >= 15 is 0 Å². The molecular weight excluding hydrogens is 293 g/mol. The zero-order chi connectivity index (χ0) is 15.4. The van der Waals surface area contributed by atoms with Crippen LogP contribution in [0.1, 0.15) is 44.6 Å². The molecule has 1 fully saturated rings. The average molecular weight is 314 g/mol. The van der Waals surface area contributed by atoms with E-state index in [0.717, 1.165) is 31.7 Å². The minimum absolute atomic E-state index is 0.0837. The number of nitrogens with zero attached hydrogens (tertiary/aromatic N) is 1. The number of benzene rings is 1. The van der Waals surface area contributed by atoms with Crippen LogP contribution in [0.25, 0.3) is 0 Å². The summed E-state index contributed by atoms with van der Waals surface area (Å²) < 4.78 is 13.5. The van der Waals surface area contributed by atoms with Crippen molar-refractivity contribution in [3.8, 4) is 0 Å². The first kappa shape index (κ1) is 16.2. The highest BCUT2D eigenvalue weighted by Crippen LogP contribution is 2.37. The fraction of sp³-hybridized carbons (Fsp3) is 0.625. The van der Waals surface area contributed by atoms with Gasteiger partial charge in [0.05, 0.1) is 11.0 Å². The van der Waals surface area contributed by atoms with Crippen molar-refractivity contribution in [3.05, 3.63) is 39.7 Å². The fourth-order valence-electron chi connectivity index (χ4n) is 3.37. The monoisotopic (exact) mass is 313 g/mol. The molecular formula is C16H21ClFNO2. The maximum atomic E-state index is 13.5. The molecule has 1 aromatic carbocycles. The van der Waals surface area contributed by atoms with E-state index in [1.807, 2.05) is 0 Å². The van der Waals surface area contributed by atoms with Gasteiger partial charge in [0.2, 0.25) is 0 Å². The molecule has 3 nitrogen and oxygen atoms in total. The van der Waals surface area contributed by atoms with E-state index in [1.54, 1.807) is 0 Å². The molecule has 2 rings (SSSR count). The Kier molecular flexibility index (Phi) is 5.57. The van der Waals surface area contributed by atoms with Gasteiger partial charge in [0, 0.05) is 11.4 Å². The predicted molar refractivity (Wildman–Crippen MR) is 82.1 cm³/mol. The third-order valence-corrected chi connectivity index (χ3v) is 4.92. The molecule has 116 valence electrons. The second-order valence-corrected chi connectivity index (χ2v) is 6.58. The molecule has 0 aromatic heterocycles. The maximum Gasteiger partial charge on any atom is 0.272 e. The van der Waals surface area contributed by atoms with Crippen LogP contribution in [0, 0.1) is 27.8 Å². The molecule has 0 saturated heterocycles. The van der Waals surface area contributed by atoms with Gasteiger partial charge in [-0.05, 0) is 49.1 Å². The van der Waals surface area contributed by atoms with Gasteiger partial charge < -0.3 is 0 Å². The Morgan fingerprint density at radius 2 is 2.14 bits per heavy atom. The van der Waals surface area contributed by atoms with Crippen molar-refractivity contribution >= 4 is 17.3 Å². The van der Waals surface area contributed by atoms with E-state index < -0.39 is 10.7 Å². The summed E-state index contributed by atoms with van der Waals surface area (Å²) in [6, 6.07) is 3.82. The molecule has 21 heavy (non-hydrogen) atoms. The van der Waals surface area contributed by atoms with E-state index in [9.17, 15) is 14.5 Å². The van der Waals surface area contributed by atoms with Crippen LogP contribution in [0.2, 0.25) is 0 Å². The zero-order valence-corrected chi connectivity index (χ0v) is 13.0. The number of hydrogen-bond donors (Lipinski definition) is 0. The minimum atomic E-state index is -0.550. The van der Waals surface area contributed by atoms with Gasteiger partial charge in [0.15, 0.2) is 0 Å².